The van der Waals surface area contributed by atoms with Crippen LogP contribution < -0.4 is 14.9 Å². The van der Waals surface area contributed by atoms with Crippen molar-refractivity contribution < 1.29 is 23.4 Å². The van der Waals surface area contributed by atoms with Crippen LogP contribution in [0.2, 0.25) is 0 Å². The maximum absolute atomic E-state index is 13.2. The van der Waals surface area contributed by atoms with Crippen LogP contribution in [0.5, 0.6) is 11.5 Å². The molecule has 6 nitrogen and oxygen atoms in total. The van der Waals surface area contributed by atoms with Crippen LogP contribution in [0.15, 0.2) is 51.7 Å². The van der Waals surface area contributed by atoms with E-state index in [2.05, 4.69) is 0 Å². The quantitative estimate of drug-likeness (QED) is 0.519. The van der Waals surface area contributed by atoms with Gasteiger partial charge in [-0.25, -0.2) is 4.79 Å². The van der Waals surface area contributed by atoms with Crippen molar-refractivity contribution in [2.75, 3.05) is 13.7 Å². The van der Waals surface area contributed by atoms with Crippen LogP contribution in [0, 0.1) is 6.92 Å². The molecule has 31 heavy (non-hydrogen) atoms. The first kappa shape index (κ1) is 21.0. The van der Waals surface area contributed by atoms with Crippen LogP contribution in [0.25, 0.3) is 22.3 Å². The van der Waals surface area contributed by atoms with Gasteiger partial charge in [0.1, 0.15) is 17.4 Å². The van der Waals surface area contributed by atoms with E-state index < -0.39 is 5.97 Å². The molecule has 0 atom stereocenters. The zero-order chi connectivity index (χ0) is 21.8. The maximum atomic E-state index is 13.2. The summed E-state index contributed by atoms with van der Waals surface area (Å²) in [4.78, 5) is 25.5. The van der Waals surface area contributed by atoms with E-state index in [1.165, 1.54) is 6.42 Å². The molecule has 1 saturated carbocycles. The van der Waals surface area contributed by atoms with Crippen LogP contribution in [-0.4, -0.2) is 25.8 Å². The van der Waals surface area contributed by atoms with Crippen LogP contribution in [0.4, 0.5) is 0 Å². The molecule has 0 amide bonds. The first-order valence-corrected chi connectivity index (χ1v) is 10.6. The molecule has 2 aromatic carbocycles. The summed E-state index contributed by atoms with van der Waals surface area (Å²) in [6.45, 7) is 1.58. The lowest BCUT2D eigenvalue weighted by Crippen LogP contribution is -2.25. The number of carbonyl (C=O) groups is 1. The van der Waals surface area contributed by atoms with Gasteiger partial charge >= 0.3 is 5.97 Å². The fourth-order valence-electron chi connectivity index (χ4n) is 3.88. The summed E-state index contributed by atoms with van der Waals surface area (Å²) < 4.78 is 22.5. The molecule has 1 aliphatic carbocycles. The predicted molar refractivity (Wildman–Crippen MR) is 118 cm³/mol. The highest BCUT2D eigenvalue weighted by molar-refractivity contribution is 5.83. The van der Waals surface area contributed by atoms with Gasteiger partial charge in [0.05, 0.1) is 12.5 Å². The molecule has 1 heterocycles. The van der Waals surface area contributed by atoms with Gasteiger partial charge < -0.3 is 18.6 Å². The second kappa shape index (κ2) is 9.25. The Morgan fingerprint density at radius 1 is 1.06 bits per heavy atom. The van der Waals surface area contributed by atoms with E-state index in [0.29, 0.717) is 22.3 Å². The molecule has 6 heteroatoms. The standard InChI is InChI=1S/C25H26O6/c1-16-8-13-20-21(14-16)31-24(17-9-11-18(28-2)12-10-17)25(23(20)27)29-15-22(26)30-19-6-4-3-5-7-19/h8-14,19H,3-7,15H2,1-2H3. The summed E-state index contributed by atoms with van der Waals surface area (Å²) in [5, 5.41) is 0.401. The topological polar surface area (TPSA) is 75.0 Å². The van der Waals surface area contributed by atoms with Gasteiger partial charge in [0, 0.05) is 5.56 Å². The maximum Gasteiger partial charge on any atom is 0.344 e. The summed E-state index contributed by atoms with van der Waals surface area (Å²) in [5.41, 5.74) is 1.77. The molecule has 1 aliphatic rings. The molecule has 0 saturated heterocycles. The van der Waals surface area contributed by atoms with E-state index in [9.17, 15) is 9.59 Å². The molecular weight excluding hydrogens is 396 g/mol. The third kappa shape index (κ3) is 4.74. The minimum Gasteiger partial charge on any atom is -0.497 e. The number of ether oxygens (including phenoxy) is 3. The lowest BCUT2D eigenvalue weighted by molar-refractivity contribution is -0.152. The van der Waals surface area contributed by atoms with E-state index in [4.69, 9.17) is 18.6 Å². The molecule has 1 aromatic heterocycles. The second-order valence-corrected chi connectivity index (χ2v) is 7.86. The van der Waals surface area contributed by atoms with Crippen molar-refractivity contribution in [2.24, 2.45) is 0 Å². The van der Waals surface area contributed by atoms with Crippen LogP contribution >= 0.6 is 0 Å². The average molecular weight is 422 g/mol. The van der Waals surface area contributed by atoms with Crippen molar-refractivity contribution in [3.05, 3.63) is 58.3 Å². The fraction of sp³-hybridized carbons (Fsp3) is 0.360. The van der Waals surface area contributed by atoms with E-state index in [-0.39, 0.29) is 29.6 Å². The molecule has 0 bridgehead atoms. The molecule has 3 aromatic rings. The van der Waals surface area contributed by atoms with E-state index in [1.54, 1.807) is 37.4 Å². The normalized spacial score (nSPS) is 14.4. The summed E-state index contributed by atoms with van der Waals surface area (Å²) in [5.74, 6) is 0.482. The molecule has 0 radical (unpaired) electrons. The van der Waals surface area contributed by atoms with Crippen molar-refractivity contribution in [2.45, 2.75) is 45.1 Å². The Balaban J connectivity index is 1.66. The fourth-order valence-corrected chi connectivity index (χ4v) is 3.88. The van der Waals surface area contributed by atoms with E-state index in [1.807, 2.05) is 19.1 Å². The van der Waals surface area contributed by atoms with Crippen LogP contribution in [0.3, 0.4) is 0 Å². The molecular formula is C25H26O6. The van der Waals surface area contributed by atoms with Crippen molar-refractivity contribution in [1.82, 2.24) is 0 Å². The Morgan fingerprint density at radius 2 is 1.81 bits per heavy atom. The zero-order valence-corrected chi connectivity index (χ0v) is 17.8. The SMILES string of the molecule is COc1ccc(-c2oc3cc(C)ccc3c(=O)c2OCC(=O)OC2CCCCC2)cc1. The minimum absolute atomic E-state index is 0.00196. The third-order valence-electron chi connectivity index (χ3n) is 5.54. The Bertz CT molecular complexity index is 1120. The first-order chi connectivity index (χ1) is 15.0. The summed E-state index contributed by atoms with van der Waals surface area (Å²) in [6, 6.07) is 12.5. The number of aryl methyl sites for hydroxylation is 1. The Labute approximate surface area is 180 Å². The molecule has 162 valence electrons. The second-order valence-electron chi connectivity index (χ2n) is 7.86. The Morgan fingerprint density at radius 3 is 2.52 bits per heavy atom. The summed E-state index contributed by atoms with van der Waals surface area (Å²) in [7, 11) is 1.58. The van der Waals surface area contributed by atoms with Crippen LogP contribution in [0.1, 0.15) is 37.7 Å². The van der Waals surface area contributed by atoms with E-state index in [0.717, 1.165) is 31.2 Å². The van der Waals surface area contributed by atoms with Crippen molar-refractivity contribution >= 4 is 16.9 Å². The number of hydrogen-bond acceptors (Lipinski definition) is 6. The summed E-state index contributed by atoms with van der Waals surface area (Å²) >= 11 is 0. The highest BCUT2D eigenvalue weighted by Gasteiger charge is 2.22. The largest absolute Gasteiger partial charge is 0.497 e. The highest BCUT2D eigenvalue weighted by Crippen LogP contribution is 2.32. The first-order valence-electron chi connectivity index (χ1n) is 10.6. The van der Waals surface area contributed by atoms with Gasteiger partial charge in [-0.15, -0.1) is 0 Å². The molecule has 1 fully saturated rings. The Kier molecular flexibility index (Phi) is 6.26. The monoisotopic (exact) mass is 422 g/mol. The lowest BCUT2D eigenvalue weighted by Gasteiger charge is -2.21. The summed E-state index contributed by atoms with van der Waals surface area (Å²) in [6.07, 6.45) is 4.98. The Hall–Kier alpha value is -3.28. The number of fused-ring (bicyclic) bond motifs is 1. The number of carbonyl (C=O) groups excluding carboxylic acids is 1. The number of esters is 1. The van der Waals surface area contributed by atoms with Crippen molar-refractivity contribution in [3.63, 3.8) is 0 Å². The van der Waals surface area contributed by atoms with Gasteiger partial charge in [-0.2, -0.15) is 0 Å². The van der Waals surface area contributed by atoms with Gasteiger partial charge in [0.2, 0.25) is 11.2 Å². The molecule has 0 N–H and O–H groups in total. The number of hydrogen-bond donors (Lipinski definition) is 0. The molecule has 0 spiro atoms. The average Bonchev–Trinajstić information content (AvgIpc) is 2.79. The van der Waals surface area contributed by atoms with Crippen molar-refractivity contribution in [1.29, 1.82) is 0 Å². The molecule has 0 unspecified atom stereocenters. The highest BCUT2D eigenvalue weighted by atomic mass is 16.6. The van der Waals surface area contributed by atoms with Crippen LogP contribution in [-0.2, 0) is 9.53 Å². The third-order valence-corrected chi connectivity index (χ3v) is 5.54. The van der Waals surface area contributed by atoms with Gasteiger partial charge in [-0.05, 0) is 74.6 Å². The van der Waals surface area contributed by atoms with Gasteiger partial charge in [0.25, 0.3) is 0 Å². The van der Waals surface area contributed by atoms with Crippen molar-refractivity contribution in [3.8, 4) is 22.8 Å². The van der Waals surface area contributed by atoms with Gasteiger partial charge in [-0.1, -0.05) is 12.5 Å². The molecule has 0 aliphatic heterocycles. The number of methoxy groups -OCH3 is 1. The lowest BCUT2D eigenvalue weighted by atomic mass is 9.98. The van der Waals surface area contributed by atoms with E-state index >= 15 is 0 Å². The number of rotatable bonds is 6. The molecule has 4 rings (SSSR count). The predicted octanol–water partition coefficient (Wildman–Crippen LogP) is 5.03. The zero-order valence-electron chi connectivity index (χ0n) is 17.8. The van der Waals surface area contributed by atoms with Gasteiger partial charge in [0.15, 0.2) is 12.4 Å². The number of benzene rings is 2. The van der Waals surface area contributed by atoms with Gasteiger partial charge in [-0.3, -0.25) is 4.79 Å². The minimum atomic E-state index is -0.476. The smallest absolute Gasteiger partial charge is 0.344 e.